The smallest absolute Gasteiger partial charge is 0.118 e. The number of hydrogen-bond donors (Lipinski definition) is 1. The minimum absolute atomic E-state index is 0.106. The molecule has 0 aliphatic rings. The highest BCUT2D eigenvalue weighted by Gasteiger charge is 2.09. The molecule has 1 aromatic rings. The zero-order valence-corrected chi connectivity index (χ0v) is 11.1. The molecule has 0 aliphatic carbocycles. The monoisotopic (exact) mass is 250 g/mol. The van der Waals surface area contributed by atoms with Crippen LogP contribution in [-0.2, 0) is 11.3 Å². The molecular weight excluding hydrogens is 228 g/mol. The number of ether oxygens (including phenoxy) is 2. The zero-order valence-electron chi connectivity index (χ0n) is 11.1. The van der Waals surface area contributed by atoms with Crippen LogP contribution in [0.4, 0.5) is 0 Å². The number of rotatable bonds is 8. The zero-order chi connectivity index (χ0) is 13.4. The second-order valence-electron chi connectivity index (χ2n) is 4.35. The highest BCUT2D eigenvalue weighted by atomic mass is 16.5. The van der Waals surface area contributed by atoms with E-state index in [2.05, 4.69) is 6.58 Å². The highest BCUT2D eigenvalue weighted by molar-refractivity contribution is 5.26. The van der Waals surface area contributed by atoms with Gasteiger partial charge in [0.2, 0.25) is 0 Å². The third-order valence-corrected chi connectivity index (χ3v) is 2.96. The number of benzene rings is 1. The summed E-state index contributed by atoms with van der Waals surface area (Å²) in [6, 6.07) is 7.77. The molecule has 3 heteroatoms. The number of aliphatic hydroxyl groups is 1. The lowest BCUT2D eigenvalue weighted by Gasteiger charge is -2.14. The average molecular weight is 250 g/mol. The van der Waals surface area contributed by atoms with Crippen molar-refractivity contribution in [1.29, 1.82) is 0 Å². The summed E-state index contributed by atoms with van der Waals surface area (Å²) < 4.78 is 10.6. The summed E-state index contributed by atoms with van der Waals surface area (Å²) in [6.45, 7) is 6.71. The summed E-state index contributed by atoms with van der Waals surface area (Å²) in [7, 11) is 1.65. The van der Waals surface area contributed by atoms with E-state index in [0.717, 1.165) is 11.3 Å². The largest absolute Gasteiger partial charge is 0.497 e. The Morgan fingerprint density at radius 3 is 2.56 bits per heavy atom. The van der Waals surface area contributed by atoms with Crippen molar-refractivity contribution in [2.24, 2.45) is 5.92 Å². The summed E-state index contributed by atoms with van der Waals surface area (Å²) >= 11 is 0. The summed E-state index contributed by atoms with van der Waals surface area (Å²) in [4.78, 5) is 0. The van der Waals surface area contributed by atoms with E-state index in [4.69, 9.17) is 9.47 Å². The Bertz CT molecular complexity index is 345. The average Bonchev–Trinajstić information content (AvgIpc) is 2.43. The van der Waals surface area contributed by atoms with E-state index in [-0.39, 0.29) is 12.0 Å². The van der Waals surface area contributed by atoms with Crippen LogP contribution < -0.4 is 4.74 Å². The van der Waals surface area contributed by atoms with Gasteiger partial charge in [0.1, 0.15) is 5.75 Å². The van der Waals surface area contributed by atoms with Crippen molar-refractivity contribution in [3.63, 3.8) is 0 Å². The van der Waals surface area contributed by atoms with Crippen LogP contribution in [0.3, 0.4) is 0 Å². The van der Waals surface area contributed by atoms with Crippen LogP contribution in [0.15, 0.2) is 36.9 Å². The SMILES string of the molecule is C=C[C@H](C)[C@H](O)CCOCc1ccc(OC)cc1. The Morgan fingerprint density at radius 1 is 1.33 bits per heavy atom. The Labute approximate surface area is 109 Å². The molecule has 0 unspecified atom stereocenters. The molecule has 0 bridgehead atoms. The maximum absolute atomic E-state index is 9.72. The van der Waals surface area contributed by atoms with Gasteiger partial charge in [-0.3, -0.25) is 0 Å². The van der Waals surface area contributed by atoms with E-state index < -0.39 is 0 Å². The lowest BCUT2D eigenvalue weighted by molar-refractivity contribution is 0.0590. The standard InChI is InChI=1S/C15H22O3/c1-4-12(2)15(16)9-10-18-11-13-5-7-14(17-3)8-6-13/h4-8,12,15-16H,1,9-11H2,2-3H3/t12-,15+/m0/s1. The van der Waals surface area contributed by atoms with Crippen LogP contribution in [0.2, 0.25) is 0 Å². The van der Waals surface area contributed by atoms with Gasteiger partial charge in [0, 0.05) is 6.61 Å². The lowest BCUT2D eigenvalue weighted by Crippen LogP contribution is -2.17. The quantitative estimate of drug-likeness (QED) is 0.569. The van der Waals surface area contributed by atoms with Crippen molar-refractivity contribution >= 4 is 0 Å². The Morgan fingerprint density at radius 2 is 2.00 bits per heavy atom. The lowest BCUT2D eigenvalue weighted by atomic mass is 10.0. The second-order valence-corrected chi connectivity index (χ2v) is 4.35. The summed E-state index contributed by atoms with van der Waals surface area (Å²) in [6.07, 6.45) is 2.01. The summed E-state index contributed by atoms with van der Waals surface area (Å²) in [5.41, 5.74) is 1.10. The molecule has 18 heavy (non-hydrogen) atoms. The van der Waals surface area contributed by atoms with Gasteiger partial charge in [-0.1, -0.05) is 25.1 Å². The molecule has 0 fully saturated rings. The normalized spacial score (nSPS) is 13.9. The first-order chi connectivity index (χ1) is 8.67. The molecular formula is C15H22O3. The molecule has 0 aliphatic heterocycles. The maximum atomic E-state index is 9.72. The molecule has 3 nitrogen and oxygen atoms in total. The number of methoxy groups -OCH3 is 1. The molecule has 1 rings (SSSR count). The predicted octanol–water partition coefficient (Wildman–Crippen LogP) is 2.78. The van der Waals surface area contributed by atoms with E-state index in [9.17, 15) is 5.11 Å². The first kappa shape index (κ1) is 14.7. The van der Waals surface area contributed by atoms with Gasteiger partial charge in [0.25, 0.3) is 0 Å². The van der Waals surface area contributed by atoms with Crippen LogP contribution in [-0.4, -0.2) is 24.9 Å². The van der Waals surface area contributed by atoms with Gasteiger partial charge in [-0.15, -0.1) is 6.58 Å². The molecule has 0 heterocycles. The molecule has 0 amide bonds. The summed E-state index contributed by atoms with van der Waals surface area (Å²) in [5, 5.41) is 9.72. The van der Waals surface area contributed by atoms with E-state index in [1.807, 2.05) is 31.2 Å². The molecule has 2 atom stereocenters. The van der Waals surface area contributed by atoms with E-state index >= 15 is 0 Å². The van der Waals surface area contributed by atoms with Gasteiger partial charge in [0.15, 0.2) is 0 Å². The van der Waals surface area contributed by atoms with Gasteiger partial charge in [-0.25, -0.2) is 0 Å². The first-order valence-corrected chi connectivity index (χ1v) is 6.18. The van der Waals surface area contributed by atoms with Crippen LogP contribution in [0.1, 0.15) is 18.9 Å². The van der Waals surface area contributed by atoms with Crippen LogP contribution in [0, 0.1) is 5.92 Å². The first-order valence-electron chi connectivity index (χ1n) is 6.18. The molecule has 0 radical (unpaired) electrons. The third kappa shape index (κ3) is 4.90. The molecule has 1 N–H and O–H groups in total. The third-order valence-electron chi connectivity index (χ3n) is 2.96. The van der Waals surface area contributed by atoms with Crippen molar-refractivity contribution in [3.8, 4) is 5.75 Å². The Balaban J connectivity index is 2.23. The number of aliphatic hydroxyl groups excluding tert-OH is 1. The molecule has 0 spiro atoms. The highest BCUT2D eigenvalue weighted by Crippen LogP contribution is 2.12. The van der Waals surface area contributed by atoms with Gasteiger partial charge >= 0.3 is 0 Å². The maximum Gasteiger partial charge on any atom is 0.118 e. The minimum Gasteiger partial charge on any atom is -0.497 e. The van der Waals surface area contributed by atoms with Gasteiger partial charge in [-0.05, 0) is 30.0 Å². The molecule has 1 aromatic carbocycles. The van der Waals surface area contributed by atoms with Gasteiger partial charge in [0.05, 0.1) is 19.8 Å². The van der Waals surface area contributed by atoms with Gasteiger partial charge in [-0.2, -0.15) is 0 Å². The molecule has 0 saturated carbocycles. The van der Waals surface area contributed by atoms with E-state index in [1.54, 1.807) is 13.2 Å². The Hall–Kier alpha value is -1.32. The fraction of sp³-hybridized carbons (Fsp3) is 0.467. The van der Waals surface area contributed by atoms with Crippen LogP contribution in [0.5, 0.6) is 5.75 Å². The van der Waals surface area contributed by atoms with Crippen molar-refractivity contribution < 1.29 is 14.6 Å². The topological polar surface area (TPSA) is 38.7 Å². The fourth-order valence-electron chi connectivity index (χ4n) is 1.54. The second kappa shape index (κ2) is 7.90. The van der Waals surface area contributed by atoms with Gasteiger partial charge < -0.3 is 14.6 Å². The summed E-state index contributed by atoms with van der Waals surface area (Å²) in [5.74, 6) is 0.948. The fourth-order valence-corrected chi connectivity index (χ4v) is 1.54. The predicted molar refractivity (Wildman–Crippen MR) is 72.6 cm³/mol. The van der Waals surface area contributed by atoms with Crippen molar-refractivity contribution in [3.05, 3.63) is 42.5 Å². The Kier molecular flexibility index (Phi) is 6.47. The molecule has 0 saturated heterocycles. The minimum atomic E-state index is -0.377. The number of hydrogen-bond acceptors (Lipinski definition) is 3. The van der Waals surface area contributed by atoms with Crippen molar-refractivity contribution in [2.75, 3.05) is 13.7 Å². The molecule has 100 valence electrons. The van der Waals surface area contributed by atoms with Crippen molar-refractivity contribution in [2.45, 2.75) is 26.1 Å². The van der Waals surface area contributed by atoms with Crippen LogP contribution >= 0.6 is 0 Å². The van der Waals surface area contributed by atoms with E-state index in [0.29, 0.717) is 19.6 Å². The van der Waals surface area contributed by atoms with Crippen LogP contribution in [0.25, 0.3) is 0 Å². The molecule has 0 aromatic heterocycles. The van der Waals surface area contributed by atoms with E-state index in [1.165, 1.54) is 0 Å². The van der Waals surface area contributed by atoms with Crippen molar-refractivity contribution in [1.82, 2.24) is 0 Å².